The molecule has 1 atom stereocenters. The third-order valence-corrected chi connectivity index (χ3v) is 7.35. The van der Waals surface area contributed by atoms with Gasteiger partial charge in [-0.1, -0.05) is 11.2 Å². The van der Waals surface area contributed by atoms with Gasteiger partial charge in [0.15, 0.2) is 11.9 Å². The molecule has 1 fully saturated rings. The van der Waals surface area contributed by atoms with Crippen LogP contribution in [0, 0.1) is 6.92 Å². The second-order valence-corrected chi connectivity index (χ2v) is 9.18. The predicted octanol–water partition coefficient (Wildman–Crippen LogP) is 1.53. The second-order valence-electron chi connectivity index (χ2n) is 6.25. The Balaban J connectivity index is 1.51. The number of nitrogens with zero attached hydrogens (tertiary/aromatic N) is 5. The lowest BCUT2D eigenvalue weighted by molar-refractivity contribution is -0.0199. The summed E-state index contributed by atoms with van der Waals surface area (Å²) < 4.78 is 39.9. The number of rotatable bonds is 5. The van der Waals surface area contributed by atoms with Gasteiger partial charge < -0.3 is 9.26 Å². The summed E-state index contributed by atoms with van der Waals surface area (Å²) in [5.41, 5.74) is 0.592. The molecule has 4 heterocycles. The van der Waals surface area contributed by atoms with E-state index in [0.717, 1.165) is 4.88 Å². The maximum absolute atomic E-state index is 13.0. The van der Waals surface area contributed by atoms with E-state index in [1.807, 2.05) is 17.5 Å². The Bertz CT molecular complexity index is 1030. The first kappa shape index (κ1) is 18.3. The molecule has 0 N–H and O–H groups in total. The molecule has 0 spiro atoms. The number of ether oxygens (including phenoxy) is 1. The number of hydrogen-bond donors (Lipinski definition) is 0. The van der Waals surface area contributed by atoms with Gasteiger partial charge in [-0.25, -0.2) is 8.42 Å². The number of thiophene rings is 1. The van der Waals surface area contributed by atoms with Crippen LogP contribution in [-0.4, -0.2) is 52.3 Å². The summed E-state index contributed by atoms with van der Waals surface area (Å²) in [5.74, 6) is 0.850. The van der Waals surface area contributed by atoms with E-state index in [0.29, 0.717) is 23.8 Å². The molecular formula is C16H19N5O4S2. The van der Waals surface area contributed by atoms with Crippen LogP contribution < -0.4 is 0 Å². The van der Waals surface area contributed by atoms with Crippen LogP contribution in [0.25, 0.3) is 0 Å². The van der Waals surface area contributed by atoms with Crippen molar-refractivity contribution < 1.29 is 17.7 Å². The number of hydrogen-bond acceptors (Lipinski definition) is 8. The summed E-state index contributed by atoms with van der Waals surface area (Å²) in [4.78, 5) is 5.72. The normalized spacial score (nSPS) is 18.8. The number of aryl methyl sites for hydroxylation is 1. The largest absolute Gasteiger partial charge is 0.366 e. The van der Waals surface area contributed by atoms with Crippen molar-refractivity contribution in [3.63, 3.8) is 0 Å². The van der Waals surface area contributed by atoms with Gasteiger partial charge in [-0.2, -0.15) is 14.4 Å². The first-order valence-corrected chi connectivity index (χ1v) is 10.7. The van der Waals surface area contributed by atoms with Crippen molar-refractivity contribution in [3.8, 4) is 0 Å². The Morgan fingerprint density at radius 1 is 1.41 bits per heavy atom. The maximum Gasteiger partial charge on any atom is 0.257 e. The van der Waals surface area contributed by atoms with Crippen molar-refractivity contribution in [2.45, 2.75) is 24.3 Å². The molecule has 27 heavy (non-hydrogen) atoms. The highest BCUT2D eigenvalue weighted by atomic mass is 32.2. The summed E-state index contributed by atoms with van der Waals surface area (Å²) in [5, 5.41) is 10.0. The number of aromatic nitrogens is 4. The average molecular weight is 409 g/mol. The van der Waals surface area contributed by atoms with E-state index in [4.69, 9.17) is 9.26 Å². The van der Waals surface area contributed by atoms with Gasteiger partial charge in [0, 0.05) is 31.4 Å². The van der Waals surface area contributed by atoms with Crippen LogP contribution in [-0.2, 0) is 28.2 Å². The van der Waals surface area contributed by atoms with Crippen LogP contribution in [0.2, 0.25) is 0 Å². The molecule has 3 aromatic rings. The molecule has 1 unspecified atom stereocenters. The first-order chi connectivity index (χ1) is 12.9. The maximum atomic E-state index is 13.0. The molecule has 1 aliphatic heterocycles. The predicted molar refractivity (Wildman–Crippen MR) is 96.8 cm³/mol. The topological polar surface area (TPSA) is 103 Å². The lowest BCUT2D eigenvalue weighted by Crippen LogP contribution is -2.42. The summed E-state index contributed by atoms with van der Waals surface area (Å²) >= 11 is 1.62. The molecule has 0 saturated carbocycles. The van der Waals surface area contributed by atoms with Crippen LogP contribution in [0.1, 0.15) is 28.4 Å². The molecule has 0 aromatic carbocycles. The summed E-state index contributed by atoms with van der Waals surface area (Å²) in [6, 6.07) is 3.97. The first-order valence-electron chi connectivity index (χ1n) is 8.40. The van der Waals surface area contributed by atoms with E-state index in [2.05, 4.69) is 15.2 Å². The van der Waals surface area contributed by atoms with Crippen LogP contribution >= 0.6 is 11.3 Å². The zero-order valence-corrected chi connectivity index (χ0v) is 16.5. The smallest absolute Gasteiger partial charge is 0.257 e. The molecular weight excluding hydrogens is 390 g/mol. The molecule has 4 rings (SSSR count). The van der Waals surface area contributed by atoms with Crippen LogP contribution in [0.5, 0.6) is 0 Å². The van der Waals surface area contributed by atoms with Crippen molar-refractivity contribution in [3.05, 3.63) is 46.0 Å². The molecule has 9 nitrogen and oxygen atoms in total. The number of morpholine rings is 1. The molecule has 1 aliphatic rings. The van der Waals surface area contributed by atoms with E-state index >= 15 is 0 Å². The molecule has 11 heteroatoms. The Labute approximate surface area is 160 Å². The Morgan fingerprint density at radius 3 is 2.96 bits per heavy atom. The summed E-state index contributed by atoms with van der Waals surface area (Å²) in [6.45, 7) is 2.37. The summed E-state index contributed by atoms with van der Waals surface area (Å²) in [6.07, 6.45) is 1.36. The quantitative estimate of drug-likeness (QED) is 0.629. The van der Waals surface area contributed by atoms with Crippen molar-refractivity contribution in [2.75, 3.05) is 19.7 Å². The third-order valence-electron chi connectivity index (χ3n) is 4.51. The minimum Gasteiger partial charge on any atom is -0.366 e. The van der Waals surface area contributed by atoms with E-state index < -0.39 is 16.1 Å². The zero-order valence-electron chi connectivity index (χ0n) is 14.9. The van der Waals surface area contributed by atoms with Gasteiger partial charge in [0.2, 0.25) is 10.0 Å². The Hall–Kier alpha value is -2.08. The minimum absolute atomic E-state index is 0.122. The zero-order chi connectivity index (χ0) is 19.0. The summed E-state index contributed by atoms with van der Waals surface area (Å²) in [7, 11) is -1.95. The lowest BCUT2D eigenvalue weighted by atomic mass is 10.3. The van der Waals surface area contributed by atoms with Crippen molar-refractivity contribution in [1.82, 2.24) is 24.2 Å². The molecule has 0 radical (unpaired) electrons. The fourth-order valence-electron chi connectivity index (χ4n) is 2.90. The molecule has 1 saturated heterocycles. The van der Waals surface area contributed by atoms with Gasteiger partial charge in [-0.3, -0.25) is 4.68 Å². The highest BCUT2D eigenvalue weighted by molar-refractivity contribution is 7.89. The van der Waals surface area contributed by atoms with Gasteiger partial charge in [0.05, 0.1) is 18.5 Å². The molecule has 3 aromatic heterocycles. The average Bonchev–Trinajstić information content (AvgIpc) is 3.39. The SMILES string of the molecule is Cc1c(S(=O)(=O)N2CCOC(c3nc(Cc4cccs4)no3)C2)cnn1C. The van der Waals surface area contributed by atoms with Gasteiger partial charge >= 0.3 is 0 Å². The van der Waals surface area contributed by atoms with Crippen LogP contribution in [0.4, 0.5) is 0 Å². The third kappa shape index (κ3) is 3.55. The van der Waals surface area contributed by atoms with Gasteiger partial charge in [0.25, 0.3) is 5.89 Å². The standard InChI is InChI=1S/C16H19N5O4S2/c1-11-14(9-17-20(11)2)27(22,23)21-5-6-24-13(10-21)16-18-15(19-25-16)8-12-4-3-7-26-12/h3-4,7,9,13H,5-6,8,10H2,1-2H3. The lowest BCUT2D eigenvalue weighted by Gasteiger charge is -2.30. The fourth-order valence-corrected chi connectivity index (χ4v) is 5.22. The highest BCUT2D eigenvalue weighted by Crippen LogP contribution is 2.27. The Kier molecular flexibility index (Phi) is 4.84. The van der Waals surface area contributed by atoms with E-state index in [9.17, 15) is 8.42 Å². The Morgan fingerprint density at radius 2 is 2.26 bits per heavy atom. The minimum atomic E-state index is -3.67. The van der Waals surface area contributed by atoms with Crippen LogP contribution in [0.3, 0.4) is 0 Å². The van der Waals surface area contributed by atoms with Crippen molar-refractivity contribution in [1.29, 1.82) is 0 Å². The van der Waals surface area contributed by atoms with E-state index in [1.165, 1.54) is 10.5 Å². The van der Waals surface area contributed by atoms with Crippen LogP contribution in [0.15, 0.2) is 33.1 Å². The molecule has 0 aliphatic carbocycles. The van der Waals surface area contributed by atoms with E-state index in [1.54, 1.807) is 30.0 Å². The fraction of sp³-hybridized carbons (Fsp3) is 0.438. The van der Waals surface area contributed by atoms with Crippen molar-refractivity contribution in [2.24, 2.45) is 7.05 Å². The van der Waals surface area contributed by atoms with Gasteiger partial charge in [-0.15, -0.1) is 11.3 Å². The van der Waals surface area contributed by atoms with Gasteiger partial charge in [-0.05, 0) is 18.4 Å². The second kappa shape index (κ2) is 7.15. The van der Waals surface area contributed by atoms with E-state index in [-0.39, 0.29) is 24.6 Å². The number of sulfonamides is 1. The molecule has 0 amide bonds. The highest BCUT2D eigenvalue weighted by Gasteiger charge is 2.35. The monoisotopic (exact) mass is 409 g/mol. The molecule has 0 bridgehead atoms. The van der Waals surface area contributed by atoms with Crippen molar-refractivity contribution >= 4 is 21.4 Å². The van der Waals surface area contributed by atoms with Gasteiger partial charge in [0.1, 0.15) is 4.90 Å². The molecule has 144 valence electrons.